The van der Waals surface area contributed by atoms with Gasteiger partial charge in [-0.05, 0) is 42.5 Å². The van der Waals surface area contributed by atoms with E-state index in [0.29, 0.717) is 5.16 Å². The number of hydrogen-bond acceptors (Lipinski definition) is 7. The molecule has 2 heterocycles. The number of nitrogens with one attached hydrogen (secondary N) is 1. The number of thiophene rings is 1. The molecule has 3 aromatic rings. The average molecular weight is 452 g/mol. The summed E-state index contributed by atoms with van der Waals surface area (Å²) in [4.78, 5) is 13.6. The quantitative estimate of drug-likeness (QED) is 0.481. The first-order valence-electron chi connectivity index (χ1n) is 8.78. The Hall–Kier alpha value is -2.21. The van der Waals surface area contributed by atoms with Gasteiger partial charge in [-0.3, -0.25) is 4.79 Å². The van der Waals surface area contributed by atoms with Crippen LogP contribution in [0.5, 0.6) is 0 Å². The lowest BCUT2D eigenvalue weighted by Crippen LogP contribution is -2.28. The summed E-state index contributed by atoms with van der Waals surface area (Å²) >= 11 is 3.04. The SMILES string of the molecule is CC(NC(=O)CSc1nncn1CCc1cccs1)c1ccc(S(N)(=O)=O)cc1. The Bertz CT molecular complexity index is 1050. The van der Waals surface area contributed by atoms with Crippen LogP contribution in [-0.2, 0) is 27.8 Å². The Balaban J connectivity index is 1.50. The highest BCUT2D eigenvalue weighted by molar-refractivity contribution is 7.99. The standard InChI is InChI=1S/C18H21N5O3S3/c1-13(14-4-6-16(7-5-14)29(19,25)26)21-17(24)11-28-18-22-20-12-23(18)9-8-15-3-2-10-27-15/h2-7,10,12-13H,8-9,11H2,1H3,(H,21,24)(H2,19,25,26). The molecule has 0 aliphatic heterocycles. The summed E-state index contributed by atoms with van der Waals surface area (Å²) < 4.78 is 24.6. The third-order valence-corrected chi connectivity index (χ3v) is 7.02. The molecule has 1 unspecified atom stereocenters. The summed E-state index contributed by atoms with van der Waals surface area (Å²) in [6.07, 6.45) is 2.56. The zero-order valence-corrected chi connectivity index (χ0v) is 18.1. The number of hydrogen-bond donors (Lipinski definition) is 2. The zero-order chi connectivity index (χ0) is 20.9. The maximum Gasteiger partial charge on any atom is 0.238 e. The highest BCUT2D eigenvalue weighted by atomic mass is 32.2. The number of nitrogens with zero attached hydrogens (tertiary/aromatic N) is 3. The van der Waals surface area contributed by atoms with E-state index in [4.69, 9.17) is 5.14 Å². The average Bonchev–Trinajstić information content (AvgIpc) is 3.35. The number of primary sulfonamides is 1. The minimum Gasteiger partial charge on any atom is -0.349 e. The smallest absolute Gasteiger partial charge is 0.238 e. The monoisotopic (exact) mass is 451 g/mol. The predicted molar refractivity (Wildman–Crippen MR) is 113 cm³/mol. The van der Waals surface area contributed by atoms with Crippen LogP contribution in [0.4, 0.5) is 0 Å². The summed E-state index contributed by atoms with van der Waals surface area (Å²) in [5.74, 6) is 0.0583. The molecule has 0 radical (unpaired) electrons. The van der Waals surface area contributed by atoms with Gasteiger partial charge in [0.25, 0.3) is 0 Å². The van der Waals surface area contributed by atoms with Crippen LogP contribution in [0.2, 0.25) is 0 Å². The van der Waals surface area contributed by atoms with Crippen molar-refractivity contribution in [2.75, 3.05) is 5.75 Å². The highest BCUT2D eigenvalue weighted by Gasteiger charge is 2.14. The number of rotatable bonds is 9. The van der Waals surface area contributed by atoms with Crippen molar-refractivity contribution in [3.63, 3.8) is 0 Å². The van der Waals surface area contributed by atoms with E-state index < -0.39 is 10.0 Å². The lowest BCUT2D eigenvalue weighted by Gasteiger charge is -2.14. The molecule has 0 aliphatic carbocycles. The Morgan fingerprint density at radius 2 is 2.07 bits per heavy atom. The van der Waals surface area contributed by atoms with Crippen molar-refractivity contribution >= 4 is 39.0 Å². The number of aryl methyl sites for hydroxylation is 2. The van der Waals surface area contributed by atoms with E-state index in [1.807, 2.05) is 22.9 Å². The number of aromatic nitrogens is 3. The van der Waals surface area contributed by atoms with Crippen molar-refractivity contribution in [2.45, 2.75) is 36.0 Å². The number of thioether (sulfide) groups is 1. The third kappa shape index (κ3) is 6.13. The van der Waals surface area contributed by atoms with Crippen LogP contribution in [0.25, 0.3) is 0 Å². The Morgan fingerprint density at radius 3 is 2.72 bits per heavy atom. The molecule has 0 aliphatic rings. The molecule has 154 valence electrons. The second kappa shape index (κ2) is 9.53. The van der Waals surface area contributed by atoms with Gasteiger partial charge in [0.15, 0.2) is 5.16 Å². The summed E-state index contributed by atoms with van der Waals surface area (Å²) in [6, 6.07) is 9.98. The Kier molecular flexibility index (Phi) is 7.06. The van der Waals surface area contributed by atoms with Crippen molar-refractivity contribution in [3.8, 4) is 0 Å². The van der Waals surface area contributed by atoms with Gasteiger partial charge in [0, 0.05) is 11.4 Å². The maximum atomic E-state index is 12.3. The van der Waals surface area contributed by atoms with Gasteiger partial charge < -0.3 is 9.88 Å². The number of carbonyl (C=O) groups is 1. The van der Waals surface area contributed by atoms with Gasteiger partial charge in [-0.2, -0.15) is 0 Å². The van der Waals surface area contributed by atoms with Crippen LogP contribution in [0.3, 0.4) is 0 Å². The summed E-state index contributed by atoms with van der Waals surface area (Å²) in [6.45, 7) is 2.59. The number of sulfonamides is 1. The first-order chi connectivity index (χ1) is 13.8. The Labute approximate surface area is 177 Å². The fourth-order valence-corrected chi connectivity index (χ4v) is 4.60. The normalized spacial score (nSPS) is 12.6. The minimum atomic E-state index is -3.73. The van der Waals surface area contributed by atoms with Gasteiger partial charge in [-0.15, -0.1) is 21.5 Å². The molecule has 0 fully saturated rings. The summed E-state index contributed by atoms with van der Waals surface area (Å²) in [7, 11) is -3.73. The molecule has 3 N–H and O–H groups in total. The van der Waals surface area contributed by atoms with Crippen LogP contribution >= 0.6 is 23.1 Å². The van der Waals surface area contributed by atoms with Gasteiger partial charge >= 0.3 is 0 Å². The van der Waals surface area contributed by atoms with Crippen molar-refractivity contribution in [2.24, 2.45) is 5.14 Å². The van der Waals surface area contributed by atoms with E-state index >= 15 is 0 Å². The van der Waals surface area contributed by atoms with Gasteiger partial charge in [-0.1, -0.05) is 30.0 Å². The van der Waals surface area contributed by atoms with Crippen molar-refractivity contribution < 1.29 is 13.2 Å². The fourth-order valence-electron chi connectivity index (χ4n) is 2.64. The van der Waals surface area contributed by atoms with E-state index in [9.17, 15) is 13.2 Å². The number of nitrogens with two attached hydrogens (primary N) is 1. The van der Waals surface area contributed by atoms with Crippen LogP contribution < -0.4 is 10.5 Å². The first kappa shape index (κ1) is 21.5. The molecule has 3 rings (SSSR count). The lowest BCUT2D eigenvalue weighted by molar-refractivity contribution is -0.119. The molecule has 29 heavy (non-hydrogen) atoms. The first-order valence-corrected chi connectivity index (χ1v) is 12.2. The van der Waals surface area contributed by atoms with E-state index in [1.54, 1.807) is 29.8 Å². The molecule has 0 saturated heterocycles. The molecule has 1 aromatic carbocycles. The van der Waals surface area contributed by atoms with Gasteiger partial charge in [0.05, 0.1) is 16.7 Å². The molecule has 1 amide bonds. The number of benzene rings is 1. The molecule has 1 atom stereocenters. The molecule has 0 bridgehead atoms. The van der Waals surface area contributed by atoms with Gasteiger partial charge in [0.2, 0.25) is 15.9 Å². The molecule has 11 heteroatoms. The molecule has 8 nitrogen and oxygen atoms in total. The molecule has 0 spiro atoms. The van der Waals surface area contributed by atoms with E-state index in [-0.39, 0.29) is 22.6 Å². The largest absolute Gasteiger partial charge is 0.349 e. The second-order valence-electron chi connectivity index (χ2n) is 6.33. The summed E-state index contributed by atoms with van der Waals surface area (Å²) in [5, 5.41) is 18.8. The Morgan fingerprint density at radius 1 is 1.31 bits per heavy atom. The topological polar surface area (TPSA) is 120 Å². The highest BCUT2D eigenvalue weighted by Crippen LogP contribution is 2.18. The van der Waals surface area contributed by atoms with Crippen molar-refractivity contribution in [1.82, 2.24) is 20.1 Å². The maximum absolute atomic E-state index is 12.3. The van der Waals surface area contributed by atoms with E-state index in [2.05, 4.69) is 21.6 Å². The zero-order valence-electron chi connectivity index (χ0n) is 15.7. The molecule has 0 saturated carbocycles. The van der Waals surface area contributed by atoms with E-state index in [1.165, 1.54) is 28.8 Å². The van der Waals surface area contributed by atoms with Gasteiger partial charge in [0.1, 0.15) is 6.33 Å². The molecular weight excluding hydrogens is 430 g/mol. The lowest BCUT2D eigenvalue weighted by atomic mass is 10.1. The van der Waals surface area contributed by atoms with Crippen LogP contribution in [0.15, 0.2) is 58.2 Å². The molecule has 2 aromatic heterocycles. The second-order valence-corrected chi connectivity index (χ2v) is 9.86. The van der Waals surface area contributed by atoms with Crippen LogP contribution in [0.1, 0.15) is 23.4 Å². The molecular formula is C18H21N5O3S3. The minimum absolute atomic E-state index is 0.0391. The van der Waals surface area contributed by atoms with Crippen LogP contribution in [-0.4, -0.2) is 34.8 Å². The van der Waals surface area contributed by atoms with E-state index in [0.717, 1.165) is 18.5 Å². The predicted octanol–water partition coefficient (Wildman–Crippen LogP) is 2.20. The van der Waals surface area contributed by atoms with Crippen molar-refractivity contribution in [1.29, 1.82) is 0 Å². The van der Waals surface area contributed by atoms with Gasteiger partial charge in [-0.25, -0.2) is 13.6 Å². The van der Waals surface area contributed by atoms with Crippen molar-refractivity contribution in [3.05, 3.63) is 58.5 Å². The fraction of sp³-hybridized carbons (Fsp3) is 0.278. The third-order valence-electron chi connectivity index (χ3n) is 4.18. The summed E-state index contributed by atoms with van der Waals surface area (Å²) in [5.41, 5.74) is 0.787. The number of carbonyl (C=O) groups excluding carboxylic acids is 1. The van der Waals surface area contributed by atoms with Crippen LogP contribution in [0, 0.1) is 0 Å². The number of amides is 1.